The molecule has 1 aliphatic heterocycles. The number of halogens is 1. The average molecular weight is 263 g/mol. The van der Waals surface area contributed by atoms with Gasteiger partial charge in [-0.2, -0.15) is 0 Å². The van der Waals surface area contributed by atoms with Gasteiger partial charge in [0.1, 0.15) is 5.84 Å². The molecule has 0 aromatic heterocycles. The average Bonchev–Trinajstić information content (AvgIpc) is 2.77. The van der Waals surface area contributed by atoms with Crippen molar-refractivity contribution in [3.05, 3.63) is 41.4 Å². The monoisotopic (exact) mass is 262 g/mol. The van der Waals surface area contributed by atoms with Crippen LogP contribution < -0.4 is 0 Å². The third kappa shape index (κ3) is 3.14. The lowest BCUT2D eigenvalue weighted by Crippen LogP contribution is -2.25. The minimum atomic E-state index is 0.770. The van der Waals surface area contributed by atoms with E-state index in [0.29, 0.717) is 0 Å². The number of hydrogen-bond acceptors (Lipinski definition) is 1. The van der Waals surface area contributed by atoms with Gasteiger partial charge in [0.15, 0.2) is 0 Å². The second-order valence-electron chi connectivity index (χ2n) is 4.63. The molecule has 2 nitrogen and oxygen atoms in total. The highest BCUT2D eigenvalue weighted by atomic mass is 35.5. The van der Waals surface area contributed by atoms with E-state index in [9.17, 15) is 0 Å². The fourth-order valence-electron chi connectivity index (χ4n) is 2.21. The van der Waals surface area contributed by atoms with Gasteiger partial charge < -0.3 is 4.90 Å². The maximum absolute atomic E-state index is 5.96. The molecule has 0 N–H and O–H groups in total. The Morgan fingerprint density at radius 2 is 2.33 bits per heavy atom. The van der Waals surface area contributed by atoms with Gasteiger partial charge in [0.05, 0.1) is 5.69 Å². The predicted molar refractivity (Wildman–Crippen MR) is 78.9 cm³/mol. The number of aryl methyl sites for hydroxylation is 1. The Morgan fingerprint density at radius 3 is 3.06 bits per heavy atom. The number of nitrogens with zero attached hydrogens (tertiary/aromatic N) is 2. The van der Waals surface area contributed by atoms with E-state index in [1.54, 1.807) is 0 Å². The van der Waals surface area contributed by atoms with Crippen molar-refractivity contribution in [2.45, 2.75) is 26.2 Å². The van der Waals surface area contributed by atoms with Gasteiger partial charge in [0, 0.05) is 24.5 Å². The Morgan fingerprint density at radius 1 is 1.50 bits per heavy atom. The van der Waals surface area contributed by atoms with Crippen LogP contribution in [0, 0.1) is 6.92 Å². The van der Waals surface area contributed by atoms with Crippen molar-refractivity contribution in [3.63, 3.8) is 0 Å². The molecule has 0 unspecified atom stereocenters. The first-order valence-corrected chi connectivity index (χ1v) is 6.78. The fourth-order valence-corrected chi connectivity index (χ4v) is 2.44. The maximum atomic E-state index is 5.96. The SMILES string of the molecule is C=CCCN1CCCC1=Nc1ccc(Cl)cc1C. The predicted octanol–water partition coefficient (Wildman–Crippen LogP) is 4.35. The van der Waals surface area contributed by atoms with Gasteiger partial charge in [-0.3, -0.25) is 0 Å². The molecule has 1 heterocycles. The number of rotatable bonds is 4. The lowest BCUT2D eigenvalue weighted by molar-refractivity contribution is 0.461. The highest BCUT2D eigenvalue weighted by molar-refractivity contribution is 6.30. The smallest absolute Gasteiger partial charge is 0.105 e. The quantitative estimate of drug-likeness (QED) is 0.737. The molecule has 0 amide bonds. The molecule has 0 saturated carbocycles. The summed E-state index contributed by atoms with van der Waals surface area (Å²) in [6.07, 6.45) is 5.24. The number of benzene rings is 1. The first-order valence-electron chi connectivity index (χ1n) is 6.40. The van der Waals surface area contributed by atoms with Gasteiger partial charge in [-0.1, -0.05) is 17.7 Å². The van der Waals surface area contributed by atoms with E-state index in [0.717, 1.165) is 42.2 Å². The highest BCUT2D eigenvalue weighted by Gasteiger charge is 2.17. The summed E-state index contributed by atoms with van der Waals surface area (Å²) in [6.45, 7) is 7.96. The van der Waals surface area contributed by atoms with Crippen LogP contribution >= 0.6 is 11.6 Å². The van der Waals surface area contributed by atoms with E-state index in [4.69, 9.17) is 16.6 Å². The number of aliphatic imine (C=N–C) groups is 1. The minimum absolute atomic E-state index is 0.770. The molecule has 0 spiro atoms. The van der Waals surface area contributed by atoms with E-state index >= 15 is 0 Å². The molecule has 1 aromatic rings. The van der Waals surface area contributed by atoms with Crippen LogP contribution in [0.4, 0.5) is 5.69 Å². The molecule has 1 aromatic carbocycles. The molecule has 3 heteroatoms. The fraction of sp³-hybridized carbons (Fsp3) is 0.400. The van der Waals surface area contributed by atoms with Crippen molar-refractivity contribution in [2.24, 2.45) is 4.99 Å². The topological polar surface area (TPSA) is 15.6 Å². The van der Waals surface area contributed by atoms with Crippen molar-refractivity contribution in [1.29, 1.82) is 0 Å². The molecule has 1 aliphatic rings. The Labute approximate surface area is 114 Å². The highest BCUT2D eigenvalue weighted by Crippen LogP contribution is 2.24. The molecule has 1 saturated heterocycles. The van der Waals surface area contributed by atoms with Gasteiger partial charge in [-0.25, -0.2) is 4.99 Å². The number of hydrogen-bond donors (Lipinski definition) is 0. The van der Waals surface area contributed by atoms with Crippen molar-refractivity contribution >= 4 is 23.1 Å². The first-order chi connectivity index (χ1) is 8.70. The third-order valence-corrected chi connectivity index (χ3v) is 3.44. The van der Waals surface area contributed by atoms with Crippen LogP contribution in [0.25, 0.3) is 0 Å². The zero-order valence-electron chi connectivity index (χ0n) is 10.8. The van der Waals surface area contributed by atoms with E-state index in [2.05, 4.69) is 11.5 Å². The molecule has 0 radical (unpaired) electrons. The first kappa shape index (κ1) is 13.2. The Bertz CT molecular complexity index is 466. The van der Waals surface area contributed by atoms with Gasteiger partial charge in [0.2, 0.25) is 0 Å². The lowest BCUT2D eigenvalue weighted by atomic mass is 10.2. The number of amidine groups is 1. The lowest BCUT2D eigenvalue weighted by Gasteiger charge is -2.18. The van der Waals surface area contributed by atoms with Crippen LogP contribution in [0.5, 0.6) is 0 Å². The van der Waals surface area contributed by atoms with Crippen LogP contribution in [0.2, 0.25) is 5.02 Å². The summed E-state index contributed by atoms with van der Waals surface area (Å²) in [5, 5.41) is 0.770. The summed E-state index contributed by atoms with van der Waals surface area (Å²) in [7, 11) is 0. The van der Waals surface area contributed by atoms with Crippen LogP contribution in [0.1, 0.15) is 24.8 Å². The molecule has 0 bridgehead atoms. The van der Waals surface area contributed by atoms with Gasteiger partial charge in [-0.15, -0.1) is 6.58 Å². The third-order valence-electron chi connectivity index (χ3n) is 3.20. The summed E-state index contributed by atoms with van der Waals surface area (Å²) in [6, 6.07) is 5.86. The van der Waals surface area contributed by atoms with E-state index in [-0.39, 0.29) is 0 Å². The zero-order chi connectivity index (χ0) is 13.0. The van der Waals surface area contributed by atoms with Crippen LogP contribution in [0.15, 0.2) is 35.8 Å². The van der Waals surface area contributed by atoms with E-state index in [1.165, 1.54) is 12.3 Å². The largest absolute Gasteiger partial charge is 0.360 e. The van der Waals surface area contributed by atoms with Crippen LogP contribution in [0.3, 0.4) is 0 Å². The minimum Gasteiger partial charge on any atom is -0.360 e. The Hall–Kier alpha value is -1.28. The van der Waals surface area contributed by atoms with Crippen molar-refractivity contribution in [2.75, 3.05) is 13.1 Å². The molecular weight excluding hydrogens is 244 g/mol. The Kier molecular flexibility index (Phi) is 4.43. The molecular formula is C15H19ClN2. The summed E-state index contributed by atoms with van der Waals surface area (Å²) < 4.78 is 0. The standard InChI is InChI=1S/C15H19ClN2/c1-3-4-9-18-10-5-6-15(18)17-14-8-7-13(16)11-12(14)2/h3,7-8,11H,1,4-6,9-10H2,2H3. The molecule has 1 fully saturated rings. The Balaban J connectivity index is 2.18. The van der Waals surface area contributed by atoms with E-state index < -0.39 is 0 Å². The second-order valence-corrected chi connectivity index (χ2v) is 5.06. The summed E-state index contributed by atoms with van der Waals surface area (Å²) in [4.78, 5) is 7.14. The summed E-state index contributed by atoms with van der Waals surface area (Å²) in [5.41, 5.74) is 2.16. The van der Waals surface area contributed by atoms with Crippen molar-refractivity contribution < 1.29 is 0 Å². The maximum Gasteiger partial charge on any atom is 0.105 e. The van der Waals surface area contributed by atoms with E-state index in [1.807, 2.05) is 31.2 Å². The van der Waals surface area contributed by atoms with Gasteiger partial charge in [-0.05, 0) is 43.5 Å². The molecule has 96 valence electrons. The molecule has 18 heavy (non-hydrogen) atoms. The van der Waals surface area contributed by atoms with Crippen LogP contribution in [-0.2, 0) is 0 Å². The molecule has 0 atom stereocenters. The second kappa shape index (κ2) is 6.05. The van der Waals surface area contributed by atoms with Crippen molar-refractivity contribution in [3.8, 4) is 0 Å². The zero-order valence-corrected chi connectivity index (χ0v) is 11.6. The summed E-state index contributed by atoms with van der Waals surface area (Å²) >= 11 is 5.96. The van der Waals surface area contributed by atoms with Crippen LogP contribution in [-0.4, -0.2) is 23.8 Å². The normalized spacial score (nSPS) is 17.4. The molecule has 2 rings (SSSR count). The van der Waals surface area contributed by atoms with Gasteiger partial charge in [0.25, 0.3) is 0 Å². The molecule has 0 aliphatic carbocycles. The number of likely N-dealkylation sites (tertiary alicyclic amines) is 1. The van der Waals surface area contributed by atoms with Gasteiger partial charge >= 0.3 is 0 Å². The van der Waals surface area contributed by atoms with Crippen molar-refractivity contribution in [1.82, 2.24) is 4.90 Å². The summed E-state index contributed by atoms with van der Waals surface area (Å²) in [5.74, 6) is 1.20.